The molecule has 1 heterocycles. The van der Waals surface area contributed by atoms with Gasteiger partial charge < -0.3 is 11.5 Å². The van der Waals surface area contributed by atoms with E-state index >= 15 is 0 Å². The number of aryl methyl sites for hydroxylation is 2. The lowest BCUT2D eigenvalue weighted by Gasteiger charge is -2.12. The fourth-order valence-electron chi connectivity index (χ4n) is 2.17. The summed E-state index contributed by atoms with van der Waals surface area (Å²) in [6.45, 7) is 2.12. The van der Waals surface area contributed by atoms with Crippen LogP contribution in [0.1, 0.15) is 24.5 Å². The zero-order chi connectivity index (χ0) is 14.0. The van der Waals surface area contributed by atoms with Gasteiger partial charge in [-0.05, 0) is 24.1 Å². The molecule has 0 saturated carbocycles. The fraction of sp³-hybridized carbons (Fsp3) is 0.286. The minimum atomic E-state index is 0.000549. The Morgan fingerprint density at radius 2 is 2.16 bits per heavy atom. The molecule has 0 unspecified atom stereocenters. The molecule has 100 valence electrons. The van der Waals surface area contributed by atoms with E-state index in [4.69, 9.17) is 16.9 Å². The number of hydrogen-bond acceptors (Lipinski definition) is 3. The highest BCUT2D eigenvalue weighted by Crippen LogP contribution is 2.30. The van der Waals surface area contributed by atoms with E-state index < -0.39 is 0 Å². The lowest BCUT2D eigenvalue weighted by atomic mass is 9.96. The predicted molar refractivity (Wildman–Crippen MR) is 78.1 cm³/mol. The third-order valence-electron chi connectivity index (χ3n) is 3.08. The lowest BCUT2D eigenvalue weighted by molar-refractivity contribution is 0.768. The average molecular weight is 257 g/mol. The van der Waals surface area contributed by atoms with E-state index in [1.807, 2.05) is 19.3 Å². The highest BCUT2D eigenvalue weighted by molar-refractivity contribution is 6.03. The van der Waals surface area contributed by atoms with Crippen molar-refractivity contribution < 1.29 is 0 Å². The normalized spacial score (nSPS) is 10.6. The number of amidine groups is 1. The maximum Gasteiger partial charge on any atom is 0.124 e. The van der Waals surface area contributed by atoms with E-state index in [1.165, 1.54) is 0 Å². The van der Waals surface area contributed by atoms with Crippen molar-refractivity contribution in [2.45, 2.75) is 19.8 Å². The van der Waals surface area contributed by atoms with Crippen LogP contribution in [0.2, 0.25) is 0 Å². The van der Waals surface area contributed by atoms with E-state index in [0.717, 1.165) is 29.5 Å². The molecule has 1 aromatic heterocycles. The number of anilines is 1. The van der Waals surface area contributed by atoms with Crippen LogP contribution in [0.15, 0.2) is 24.5 Å². The maximum absolute atomic E-state index is 7.65. The second-order valence-corrected chi connectivity index (χ2v) is 4.67. The number of nitrogens with zero attached hydrogens (tertiary/aromatic N) is 2. The summed E-state index contributed by atoms with van der Waals surface area (Å²) in [5.41, 5.74) is 15.9. The van der Waals surface area contributed by atoms with Crippen molar-refractivity contribution in [2.75, 3.05) is 5.73 Å². The summed E-state index contributed by atoms with van der Waals surface area (Å²) in [6, 6.07) is 3.96. The van der Waals surface area contributed by atoms with Crippen LogP contribution in [0.4, 0.5) is 5.69 Å². The molecular weight excluding hydrogens is 238 g/mol. The van der Waals surface area contributed by atoms with Crippen molar-refractivity contribution in [3.05, 3.63) is 35.7 Å². The number of nitrogens with one attached hydrogen (secondary N) is 1. The number of nitrogens with two attached hydrogens (primary N) is 2. The minimum Gasteiger partial charge on any atom is -0.398 e. The van der Waals surface area contributed by atoms with Gasteiger partial charge in [-0.15, -0.1) is 0 Å². The summed E-state index contributed by atoms with van der Waals surface area (Å²) in [7, 11) is 1.86. The summed E-state index contributed by atoms with van der Waals surface area (Å²) < 4.78 is 1.73. The molecule has 0 saturated heterocycles. The third-order valence-corrected chi connectivity index (χ3v) is 3.08. The molecule has 5 heteroatoms. The Balaban J connectivity index is 2.61. The Labute approximate surface area is 112 Å². The van der Waals surface area contributed by atoms with Gasteiger partial charge in [-0.1, -0.05) is 13.3 Å². The van der Waals surface area contributed by atoms with Crippen LogP contribution < -0.4 is 11.5 Å². The first-order valence-corrected chi connectivity index (χ1v) is 6.28. The molecule has 1 aromatic carbocycles. The molecular formula is C14H19N5. The number of benzene rings is 1. The molecule has 19 heavy (non-hydrogen) atoms. The van der Waals surface area contributed by atoms with Gasteiger partial charge in [-0.3, -0.25) is 10.1 Å². The molecule has 0 spiro atoms. The Morgan fingerprint density at radius 3 is 2.68 bits per heavy atom. The summed E-state index contributed by atoms with van der Waals surface area (Å²) in [6.07, 6.45) is 5.65. The fourth-order valence-corrected chi connectivity index (χ4v) is 2.17. The highest BCUT2D eigenvalue weighted by atomic mass is 15.2. The van der Waals surface area contributed by atoms with Gasteiger partial charge in [0.1, 0.15) is 5.84 Å². The van der Waals surface area contributed by atoms with Crippen molar-refractivity contribution in [3.8, 4) is 11.1 Å². The molecule has 0 fully saturated rings. The molecule has 0 atom stereocenters. The van der Waals surface area contributed by atoms with E-state index in [-0.39, 0.29) is 5.84 Å². The van der Waals surface area contributed by atoms with Crippen LogP contribution in [0.5, 0.6) is 0 Å². The molecule has 2 aromatic rings. The number of hydrogen-bond donors (Lipinski definition) is 3. The zero-order valence-corrected chi connectivity index (χ0v) is 11.3. The molecule has 0 amide bonds. The smallest absolute Gasteiger partial charge is 0.124 e. The number of nitrogen functional groups attached to an aromatic ring is 2. The molecule has 0 radical (unpaired) electrons. The molecule has 0 aliphatic heterocycles. The van der Waals surface area contributed by atoms with Crippen molar-refractivity contribution >= 4 is 11.5 Å². The first-order chi connectivity index (χ1) is 9.02. The molecule has 2 rings (SSSR count). The van der Waals surface area contributed by atoms with E-state index in [9.17, 15) is 0 Å². The highest BCUT2D eigenvalue weighted by Gasteiger charge is 2.13. The molecule has 0 aliphatic rings. The SMILES string of the molecule is CCCc1cc(C(=N)N)c(N)c(-c2cnn(C)c2)c1. The van der Waals surface area contributed by atoms with Gasteiger partial charge in [-0.25, -0.2) is 0 Å². The van der Waals surface area contributed by atoms with Crippen LogP contribution in [-0.2, 0) is 13.5 Å². The van der Waals surface area contributed by atoms with Gasteiger partial charge in [0.05, 0.1) is 11.9 Å². The van der Waals surface area contributed by atoms with Crippen LogP contribution in [0.3, 0.4) is 0 Å². The van der Waals surface area contributed by atoms with Crippen molar-refractivity contribution in [2.24, 2.45) is 12.8 Å². The van der Waals surface area contributed by atoms with Gasteiger partial charge in [0, 0.05) is 29.9 Å². The zero-order valence-electron chi connectivity index (χ0n) is 11.3. The van der Waals surface area contributed by atoms with Crippen LogP contribution in [-0.4, -0.2) is 15.6 Å². The van der Waals surface area contributed by atoms with E-state index in [0.29, 0.717) is 11.3 Å². The Hall–Kier alpha value is -2.30. The van der Waals surface area contributed by atoms with Gasteiger partial charge in [0.15, 0.2) is 0 Å². The molecule has 5 nitrogen and oxygen atoms in total. The molecule has 0 aliphatic carbocycles. The van der Waals surface area contributed by atoms with Crippen molar-refractivity contribution in [1.29, 1.82) is 5.41 Å². The van der Waals surface area contributed by atoms with Gasteiger partial charge in [-0.2, -0.15) is 5.10 Å². The summed E-state index contributed by atoms with van der Waals surface area (Å²) in [5, 5.41) is 11.8. The maximum atomic E-state index is 7.65. The van der Waals surface area contributed by atoms with Crippen molar-refractivity contribution in [1.82, 2.24) is 9.78 Å². The summed E-state index contributed by atoms with van der Waals surface area (Å²) in [4.78, 5) is 0. The van der Waals surface area contributed by atoms with Crippen LogP contribution in [0, 0.1) is 5.41 Å². The first-order valence-electron chi connectivity index (χ1n) is 6.28. The number of rotatable bonds is 4. The van der Waals surface area contributed by atoms with Crippen LogP contribution >= 0.6 is 0 Å². The molecule has 5 N–H and O–H groups in total. The first kappa shape index (κ1) is 13.1. The summed E-state index contributed by atoms with van der Waals surface area (Å²) in [5.74, 6) is 0.000549. The lowest BCUT2D eigenvalue weighted by Crippen LogP contribution is -2.14. The van der Waals surface area contributed by atoms with Crippen LogP contribution in [0.25, 0.3) is 11.1 Å². The van der Waals surface area contributed by atoms with Gasteiger partial charge >= 0.3 is 0 Å². The quantitative estimate of drug-likeness (QED) is 0.443. The van der Waals surface area contributed by atoms with E-state index in [2.05, 4.69) is 18.1 Å². The Bertz CT molecular complexity index is 612. The minimum absolute atomic E-state index is 0.000549. The predicted octanol–water partition coefficient (Wildman–Crippen LogP) is 1.91. The second-order valence-electron chi connectivity index (χ2n) is 4.67. The van der Waals surface area contributed by atoms with E-state index in [1.54, 1.807) is 10.9 Å². The number of aromatic nitrogens is 2. The Kier molecular flexibility index (Phi) is 3.55. The Morgan fingerprint density at radius 1 is 1.42 bits per heavy atom. The van der Waals surface area contributed by atoms with Crippen molar-refractivity contribution in [3.63, 3.8) is 0 Å². The third kappa shape index (κ3) is 2.59. The van der Waals surface area contributed by atoms with Gasteiger partial charge in [0.25, 0.3) is 0 Å². The largest absolute Gasteiger partial charge is 0.398 e. The topological polar surface area (TPSA) is 93.7 Å². The standard InChI is InChI=1S/C14H19N5/c1-3-4-9-5-11(10-7-18-19(2)8-10)13(15)12(6-9)14(16)17/h5-8H,3-4,15H2,1-2H3,(H3,16,17). The average Bonchev–Trinajstić information content (AvgIpc) is 2.77. The molecule has 0 bridgehead atoms. The summed E-state index contributed by atoms with van der Waals surface area (Å²) >= 11 is 0. The second kappa shape index (κ2) is 5.14. The van der Waals surface area contributed by atoms with Gasteiger partial charge in [0.2, 0.25) is 0 Å². The monoisotopic (exact) mass is 257 g/mol.